The first-order valence-corrected chi connectivity index (χ1v) is 8.22. The van der Waals surface area contributed by atoms with E-state index >= 15 is 0 Å². The van der Waals surface area contributed by atoms with Crippen molar-refractivity contribution in [1.82, 2.24) is 19.9 Å². The van der Waals surface area contributed by atoms with E-state index in [1.807, 2.05) is 42.7 Å². The zero-order chi connectivity index (χ0) is 16.2. The van der Waals surface area contributed by atoms with Crippen molar-refractivity contribution < 1.29 is 4.74 Å². The van der Waals surface area contributed by atoms with Crippen LogP contribution in [0, 0.1) is 0 Å². The molecule has 0 radical (unpaired) electrons. The number of ether oxygens (including phenoxy) is 1. The maximum absolute atomic E-state index is 5.70. The summed E-state index contributed by atoms with van der Waals surface area (Å²) in [6.07, 6.45) is 3.74. The topological polar surface area (TPSA) is 54.0 Å². The predicted octanol–water partition coefficient (Wildman–Crippen LogP) is 3.05. The molecule has 5 heteroatoms. The monoisotopic (exact) mass is 320 g/mol. The van der Waals surface area contributed by atoms with Gasteiger partial charge in [-0.15, -0.1) is 0 Å². The lowest BCUT2D eigenvalue weighted by molar-refractivity contribution is -0.0161. The Bertz CT molecular complexity index is 772. The molecule has 0 spiro atoms. The van der Waals surface area contributed by atoms with Gasteiger partial charge >= 0.3 is 0 Å². The van der Waals surface area contributed by atoms with Crippen molar-refractivity contribution in [3.63, 3.8) is 0 Å². The van der Waals surface area contributed by atoms with Gasteiger partial charge in [-0.2, -0.15) is 0 Å². The second-order valence-electron chi connectivity index (χ2n) is 5.93. The summed E-state index contributed by atoms with van der Waals surface area (Å²) < 4.78 is 5.70. The Labute approximate surface area is 141 Å². The molecular weight excluding hydrogens is 300 g/mol. The average Bonchev–Trinajstić information content (AvgIpc) is 3.14. The van der Waals surface area contributed by atoms with Gasteiger partial charge in [-0.25, -0.2) is 4.98 Å². The zero-order valence-corrected chi connectivity index (χ0v) is 13.4. The van der Waals surface area contributed by atoms with E-state index in [9.17, 15) is 0 Å². The van der Waals surface area contributed by atoms with E-state index < -0.39 is 0 Å². The van der Waals surface area contributed by atoms with Crippen LogP contribution in [0.2, 0.25) is 0 Å². The van der Waals surface area contributed by atoms with Crippen molar-refractivity contribution in [2.75, 3.05) is 19.8 Å². The average molecular weight is 320 g/mol. The van der Waals surface area contributed by atoms with Crippen LogP contribution >= 0.6 is 0 Å². The lowest BCUT2D eigenvalue weighted by atomic mass is 10.2. The molecule has 5 nitrogen and oxygen atoms in total. The highest BCUT2D eigenvalue weighted by Crippen LogP contribution is 2.26. The van der Waals surface area contributed by atoms with Crippen LogP contribution < -0.4 is 0 Å². The van der Waals surface area contributed by atoms with Crippen molar-refractivity contribution in [3.8, 4) is 11.3 Å². The van der Waals surface area contributed by atoms with E-state index in [1.165, 1.54) is 0 Å². The van der Waals surface area contributed by atoms with Gasteiger partial charge in [0.15, 0.2) is 0 Å². The zero-order valence-electron chi connectivity index (χ0n) is 13.4. The molecule has 1 aliphatic heterocycles. The molecule has 4 rings (SSSR count). The molecule has 1 atom stereocenters. The van der Waals surface area contributed by atoms with Crippen molar-refractivity contribution in [3.05, 3.63) is 72.4 Å². The Kier molecular flexibility index (Phi) is 4.36. The Hall–Kier alpha value is -2.50. The van der Waals surface area contributed by atoms with Gasteiger partial charge in [0, 0.05) is 19.3 Å². The summed E-state index contributed by atoms with van der Waals surface area (Å²) >= 11 is 0. The van der Waals surface area contributed by atoms with Crippen LogP contribution in [-0.2, 0) is 11.3 Å². The highest BCUT2D eigenvalue weighted by atomic mass is 16.5. The molecule has 3 aromatic rings. The standard InChI is InChI=1S/C19H20N4O/c1-2-6-15(7-3-1)17-12-21-19(22-17)18-14-24-11-10-23(18)13-16-8-4-5-9-20-16/h1-9,12,18H,10-11,13-14H2,(H,21,22)/t18-/m0/s1. The molecule has 0 unspecified atom stereocenters. The third-order valence-corrected chi connectivity index (χ3v) is 4.33. The molecule has 0 bridgehead atoms. The maximum atomic E-state index is 5.70. The summed E-state index contributed by atoms with van der Waals surface area (Å²) in [4.78, 5) is 14.9. The van der Waals surface area contributed by atoms with Gasteiger partial charge in [0.1, 0.15) is 5.82 Å². The first kappa shape index (κ1) is 15.1. The van der Waals surface area contributed by atoms with Gasteiger partial charge in [0.05, 0.1) is 36.8 Å². The first-order valence-electron chi connectivity index (χ1n) is 8.22. The number of nitrogens with one attached hydrogen (secondary N) is 1. The van der Waals surface area contributed by atoms with Crippen molar-refractivity contribution in [1.29, 1.82) is 0 Å². The van der Waals surface area contributed by atoms with Gasteiger partial charge in [-0.05, 0) is 17.7 Å². The van der Waals surface area contributed by atoms with E-state index in [0.717, 1.165) is 42.5 Å². The number of pyridine rings is 1. The van der Waals surface area contributed by atoms with Crippen LogP contribution in [0.4, 0.5) is 0 Å². The van der Waals surface area contributed by atoms with Crippen LogP contribution in [0.25, 0.3) is 11.3 Å². The van der Waals surface area contributed by atoms with E-state index in [1.54, 1.807) is 0 Å². The third-order valence-electron chi connectivity index (χ3n) is 4.33. The van der Waals surface area contributed by atoms with E-state index in [4.69, 9.17) is 4.74 Å². The molecule has 2 aromatic heterocycles. The second kappa shape index (κ2) is 6.95. The summed E-state index contributed by atoms with van der Waals surface area (Å²) in [5.41, 5.74) is 3.25. The molecule has 0 amide bonds. The van der Waals surface area contributed by atoms with Crippen LogP contribution in [-0.4, -0.2) is 39.6 Å². The number of morpholine rings is 1. The number of hydrogen-bond acceptors (Lipinski definition) is 4. The largest absolute Gasteiger partial charge is 0.378 e. The number of H-pyrrole nitrogens is 1. The molecule has 0 saturated carbocycles. The number of aromatic amines is 1. The minimum Gasteiger partial charge on any atom is -0.378 e. The molecule has 1 aliphatic rings. The van der Waals surface area contributed by atoms with E-state index in [0.29, 0.717) is 6.61 Å². The first-order chi connectivity index (χ1) is 11.9. The number of aromatic nitrogens is 3. The number of nitrogens with zero attached hydrogens (tertiary/aromatic N) is 3. The van der Waals surface area contributed by atoms with Crippen LogP contribution in [0.3, 0.4) is 0 Å². The fourth-order valence-electron chi connectivity index (χ4n) is 3.05. The van der Waals surface area contributed by atoms with Crippen molar-refractivity contribution in [2.45, 2.75) is 12.6 Å². The SMILES string of the molecule is c1ccc(-c2cnc([C@@H]3COCCN3Cc3ccccn3)[nH]2)cc1. The van der Waals surface area contributed by atoms with Crippen molar-refractivity contribution in [2.24, 2.45) is 0 Å². The fourth-order valence-corrected chi connectivity index (χ4v) is 3.05. The normalized spacial score (nSPS) is 18.6. The number of imidazole rings is 1. The second-order valence-corrected chi connectivity index (χ2v) is 5.93. The van der Waals surface area contributed by atoms with Crippen LogP contribution in [0.1, 0.15) is 17.6 Å². The highest BCUT2D eigenvalue weighted by Gasteiger charge is 2.27. The molecule has 1 N–H and O–H groups in total. The smallest absolute Gasteiger partial charge is 0.126 e. The van der Waals surface area contributed by atoms with Gasteiger partial charge in [-0.3, -0.25) is 9.88 Å². The maximum Gasteiger partial charge on any atom is 0.126 e. The minimum atomic E-state index is 0.123. The molecule has 24 heavy (non-hydrogen) atoms. The molecular formula is C19H20N4O. The Balaban J connectivity index is 1.56. The lowest BCUT2D eigenvalue weighted by Gasteiger charge is -2.34. The molecule has 1 aromatic carbocycles. The highest BCUT2D eigenvalue weighted by molar-refractivity contribution is 5.58. The number of hydrogen-bond donors (Lipinski definition) is 1. The van der Waals surface area contributed by atoms with Gasteiger partial charge in [-0.1, -0.05) is 36.4 Å². The molecule has 1 fully saturated rings. The summed E-state index contributed by atoms with van der Waals surface area (Å²) in [6.45, 7) is 3.07. The molecule has 3 heterocycles. The van der Waals surface area contributed by atoms with Crippen LogP contribution in [0.15, 0.2) is 60.9 Å². The summed E-state index contributed by atoms with van der Waals surface area (Å²) in [5.74, 6) is 0.949. The number of benzene rings is 1. The van der Waals surface area contributed by atoms with Crippen molar-refractivity contribution >= 4 is 0 Å². The predicted molar refractivity (Wildman–Crippen MR) is 92.2 cm³/mol. The molecule has 1 saturated heterocycles. The fraction of sp³-hybridized carbons (Fsp3) is 0.263. The quantitative estimate of drug-likeness (QED) is 0.803. The van der Waals surface area contributed by atoms with E-state index in [-0.39, 0.29) is 6.04 Å². The summed E-state index contributed by atoms with van der Waals surface area (Å²) in [7, 11) is 0. The summed E-state index contributed by atoms with van der Waals surface area (Å²) in [6, 6.07) is 16.4. The van der Waals surface area contributed by atoms with Gasteiger partial charge < -0.3 is 9.72 Å². The molecule has 0 aliphatic carbocycles. The number of rotatable bonds is 4. The summed E-state index contributed by atoms with van der Waals surface area (Å²) in [5, 5.41) is 0. The minimum absolute atomic E-state index is 0.123. The van der Waals surface area contributed by atoms with E-state index in [2.05, 4.69) is 38.1 Å². The Morgan fingerprint density at radius 1 is 1.08 bits per heavy atom. The molecule has 122 valence electrons. The third kappa shape index (κ3) is 3.22. The van der Waals surface area contributed by atoms with Gasteiger partial charge in [0.25, 0.3) is 0 Å². The lowest BCUT2D eigenvalue weighted by Crippen LogP contribution is -2.39. The van der Waals surface area contributed by atoms with Crippen LogP contribution in [0.5, 0.6) is 0 Å². The Morgan fingerprint density at radius 2 is 1.96 bits per heavy atom. The van der Waals surface area contributed by atoms with Gasteiger partial charge in [0.2, 0.25) is 0 Å². The Morgan fingerprint density at radius 3 is 2.79 bits per heavy atom.